The second-order valence-corrected chi connectivity index (χ2v) is 5.91. The van der Waals surface area contributed by atoms with Gasteiger partial charge >= 0.3 is 0 Å². The lowest BCUT2D eigenvalue weighted by Gasteiger charge is -2.11. The third-order valence-electron chi connectivity index (χ3n) is 3.90. The molecular weight excluding hydrogens is 352 g/mol. The van der Waals surface area contributed by atoms with Gasteiger partial charge in [-0.3, -0.25) is 9.78 Å². The van der Waals surface area contributed by atoms with E-state index in [0.29, 0.717) is 27.3 Å². The van der Waals surface area contributed by atoms with Crippen molar-refractivity contribution in [2.24, 2.45) is 0 Å². The Hall–Kier alpha value is -3.32. The van der Waals surface area contributed by atoms with Crippen LogP contribution in [0, 0.1) is 0 Å². The molecule has 7 nitrogen and oxygen atoms in total. The number of amides is 1. The quantitative estimate of drug-likeness (QED) is 0.601. The Balaban J connectivity index is 1.63. The summed E-state index contributed by atoms with van der Waals surface area (Å²) in [5.74, 6) is 0.331. The average molecular weight is 365 g/mol. The second kappa shape index (κ2) is 6.89. The second-order valence-electron chi connectivity index (χ2n) is 5.50. The summed E-state index contributed by atoms with van der Waals surface area (Å²) in [5, 5.41) is 8.08. The predicted molar refractivity (Wildman–Crippen MR) is 97.1 cm³/mol. The summed E-state index contributed by atoms with van der Waals surface area (Å²) in [7, 11) is 0. The highest BCUT2D eigenvalue weighted by atomic mass is 35.5. The van der Waals surface area contributed by atoms with E-state index in [1.807, 2.05) is 12.1 Å². The monoisotopic (exact) mass is 364 g/mol. The van der Waals surface area contributed by atoms with E-state index in [4.69, 9.17) is 11.6 Å². The molecule has 128 valence electrons. The van der Waals surface area contributed by atoms with Gasteiger partial charge in [-0.25, -0.2) is 14.6 Å². The van der Waals surface area contributed by atoms with Gasteiger partial charge in [-0.15, -0.1) is 0 Å². The number of nitrogens with zero attached hydrogens (tertiary/aromatic N) is 5. The molecule has 4 aromatic rings. The van der Waals surface area contributed by atoms with Crippen LogP contribution in [0.1, 0.15) is 15.9 Å². The van der Waals surface area contributed by atoms with Gasteiger partial charge in [-0.1, -0.05) is 23.7 Å². The highest BCUT2D eigenvalue weighted by molar-refractivity contribution is 6.35. The standard InChI is InChI=1S/C18H13ClN6O/c19-14-5-6-15-13(4-2-7-21-15)16(14)18(26)23-9-12-3-1-8-22-17(12)25-11-20-10-24-25/h1-8,10-11H,9H2,(H,23,26). The summed E-state index contributed by atoms with van der Waals surface area (Å²) in [6, 6.07) is 10.7. The van der Waals surface area contributed by atoms with Crippen molar-refractivity contribution in [1.29, 1.82) is 0 Å². The van der Waals surface area contributed by atoms with E-state index in [1.165, 1.54) is 6.33 Å². The number of hydrogen-bond donors (Lipinski definition) is 1. The van der Waals surface area contributed by atoms with Crippen LogP contribution in [0.2, 0.25) is 5.02 Å². The zero-order valence-corrected chi connectivity index (χ0v) is 14.3. The molecule has 0 spiro atoms. The van der Waals surface area contributed by atoms with Gasteiger partial charge in [-0.2, -0.15) is 5.10 Å². The average Bonchev–Trinajstić information content (AvgIpc) is 3.21. The molecule has 3 heterocycles. The van der Waals surface area contributed by atoms with Gasteiger partial charge in [0, 0.05) is 29.9 Å². The Labute approximate surface area is 153 Å². The fourth-order valence-electron chi connectivity index (χ4n) is 2.71. The van der Waals surface area contributed by atoms with Crippen molar-refractivity contribution < 1.29 is 4.79 Å². The number of halogens is 1. The van der Waals surface area contributed by atoms with E-state index >= 15 is 0 Å². The van der Waals surface area contributed by atoms with Crippen LogP contribution in [0.3, 0.4) is 0 Å². The van der Waals surface area contributed by atoms with E-state index in [9.17, 15) is 4.79 Å². The van der Waals surface area contributed by atoms with Gasteiger partial charge in [0.15, 0.2) is 5.82 Å². The number of carbonyl (C=O) groups excluding carboxylic acids is 1. The van der Waals surface area contributed by atoms with Crippen LogP contribution >= 0.6 is 11.6 Å². The molecule has 4 rings (SSSR count). The summed E-state index contributed by atoms with van der Waals surface area (Å²) in [6.45, 7) is 0.273. The highest BCUT2D eigenvalue weighted by Gasteiger charge is 2.16. The molecule has 1 N–H and O–H groups in total. The van der Waals surface area contributed by atoms with Crippen LogP contribution in [0.4, 0.5) is 0 Å². The van der Waals surface area contributed by atoms with Crippen LogP contribution < -0.4 is 5.32 Å². The van der Waals surface area contributed by atoms with E-state index < -0.39 is 0 Å². The molecule has 0 saturated heterocycles. The van der Waals surface area contributed by atoms with E-state index in [1.54, 1.807) is 47.7 Å². The first-order valence-corrected chi connectivity index (χ1v) is 8.22. The minimum absolute atomic E-state index is 0.273. The molecule has 8 heteroatoms. The fraction of sp³-hybridized carbons (Fsp3) is 0.0556. The third-order valence-corrected chi connectivity index (χ3v) is 4.22. The number of aromatic nitrogens is 5. The third kappa shape index (κ3) is 3.00. The number of nitrogens with one attached hydrogen (secondary N) is 1. The minimum Gasteiger partial charge on any atom is -0.348 e. The Bertz CT molecular complexity index is 1080. The maximum absolute atomic E-state index is 12.8. The maximum atomic E-state index is 12.8. The Morgan fingerprint density at radius 1 is 1.12 bits per heavy atom. The van der Waals surface area contributed by atoms with Gasteiger partial charge in [0.2, 0.25) is 0 Å². The number of carbonyl (C=O) groups is 1. The molecule has 0 radical (unpaired) electrons. The van der Waals surface area contributed by atoms with Crippen LogP contribution in [0.25, 0.3) is 16.7 Å². The SMILES string of the molecule is O=C(NCc1cccnc1-n1cncn1)c1c(Cl)ccc2ncccc12. The first kappa shape index (κ1) is 16.2. The summed E-state index contributed by atoms with van der Waals surface area (Å²) < 4.78 is 1.55. The van der Waals surface area contributed by atoms with Gasteiger partial charge in [0.1, 0.15) is 12.7 Å². The first-order valence-electron chi connectivity index (χ1n) is 7.84. The number of fused-ring (bicyclic) bond motifs is 1. The van der Waals surface area contributed by atoms with Crippen LogP contribution in [-0.2, 0) is 6.54 Å². The van der Waals surface area contributed by atoms with Gasteiger partial charge in [-0.05, 0) is 24.3 Å². The van der Waals surface area contributed by atoms with E-state index in [0.717, 1.165) is 5.56 Å². The molecule has 0 unspecified atom stereocenters. The highest BCUT2D eigenvalue weighted by Crippen LogP contribution is 2.25. The Morgan fingerprint density at radius 2 is 1.96 bits per heavy atom. The largest absolute Gasteiger partial charge is 0.348 e. The normalized spacial score (nSPS) is 10.8. The van der Waals surface area contributed by atoms with Gasteiger partial charge < -0.3 is 5.32 Å². The molecule has 1 aromatic carbocycles. The molecule has 3 aromatic heterocycles. The smallest absolute Gasteiger partial charge is 0.253 e. The Kier molecular flexibility index (Phi) is 4.28. The van der Waals surface area contributed by atoms with Crippen molar-refractivity contribution in [3.8, 4) is 5.82 Å². The van der Waals surface area contributed by atoms with Crippen molar-refractivity contribution in [3.63, 3.8) is 0 Å². The Morgan fingerprint density at radius 3 is 2.81 bits per heavy atom. The van der Waals surface area contributed by atoms with Crippen molar-refractivity contribution in [2.75, 3.05) is 0 Å². The van der Waals surface area contributed by atoms with E-state index in [2.05, 4.69) is 25.4 Å². The molecule has 0 aliphatic heterocycles. The number of rotatable bonds is 4. The molecule has 0 bridgehead atoms. The predicted octanol–water partition coefficient (Wildman–Crippen LogP) is 2.79. The number of benzene rings is 1. The number of hydrogen-bond acceptors (Lipinski definition) is 5. The molecule has 0 aliphatic carbocycles. The molecule has 26 heavy (non-hydrogen) atoms. The summed E-state index contributed by atoms with van der Waals surface area (Å²) in [4.78, 5) is 25.3. The zero-order valence-electron chi connectivity index (χ0n) is 13.5. The maximum Gasteiger partial charge on any atom is 0.253 e. The number of pyridine rings is 2. The topological polar surface area (TPSA) is 85.6 Å². The molecule has 1 amide bonds. The van der Waals surface area contributed by atoms with Crippen LogP contribution in [0.15, 0.2) is 61.4 Å². The first-order chi connectivity index (χ1) is 12.7. The van der Waals surface area contributed by atoms with Gasteiger partial charge in [0.05, 0.1) is 16.1 Å². The molecular formula is C18H13ClN6O. The fourth-order valence-corrected chi connectivity index (χ4v) is 2.96. The summed E-state index contributed by atoms with van der Waals surface area (Å²) in [5.41, 5.74) is 1.93. The molecule has 0 atom stereocenters. The molecule has 0 fully saturated rings. The van der Waals surface area contributed by atoms with Crippen molar-refractivity contribution in [2.45, 2.75) is 6.54 Å². The molecule has 0 aliphatic rings. The summed E-state index contributed by atoms with van der Waals surface area (Å²) >= 11 is 6.27. The van der Waals surface area contributed by atoms with Crippen LogP contribution in [-0.4, -0.2) is 30.6 Å². The van der Waals surface area contributed by atoms with Gasteiger partial charge in [0.25, 0.3) is 5.91 Å². The van der Waals surface area contributed by atoms with Crippen molar-refractivity contribution >= 4 is 28.4 Å². The van der Waals surface area contributed by atoms with Crippen molar-refractivity contribution in [1.82, 2.24) is 30.0 Å². The minimum atomic E-state index is -0.276. The van der Waals surface area contributed by atoms with Crippen LogP contribution in [0.5, 0.6) is 0 Å². The summed E-state index contributed by atoms with van der Waals surface area (Å²) in [6.07, 6.45) is 6.33. The lowest BCUT2D eigenvalue weighted by molar-refractivity contribution is 0.0952. The lowest BCUT2D eigenvalue weighted by atomic mass is 10.1. The lowest BCUT2D eigenvalue weighted by Crippen LogP contribution is -2.24. The van der Waals surface area contributed by atoms with E-state index in [-0.39, 0.29) is 12.5 Å². The van der Waals surface area contributed by atoms with Crippen molar-refractivity contribution in [3.05, 3.63) is 77.6 Å². The molecule has 0 saturated carbocycles. The zero-order chi connectivity index (χ0) is 17.9.